The summed E-state index contributed by atoms with van der Waals surface area (Å²) in [5.74, 6) is 0.125. The predicted molar refractivity (Wildman–Crippen MR) is 83.1 cm³/mol. The second-order valence-electron chi connectivity index (χ2n) is 6.75. The van der Waals surface area contributed by atoms with Gasteiger partial charge in [-0.15, -0.1) is 0 Å². The summed E-state index contributed by atoms with van der Waals surface area (Å²) in [5, 5.41) is 10.7. The van der Waals surface area contributed by atoms with Crippen LogP contribution in [0.15, 0.2) is 0 Å². The summed E-state index contributed by atoms with van der Waals surface area (Å²) in [7, 11) is 0. The molecule has 1 N–H and O–H groups in total. The first-order valence-corrected chi connectivity index (χ1v) is 8.73. The Morgan fingerprint density at radius 1 is 1.24 bits per heavy atom. The normalized spacial score (nSPS) is 26.5. The fourth-order valence-corrected chi connectivity index (χ4v) is 4.02. The zero-order valence-electron chi connectivity index (χ0n) is 13.6. The van der Waals surface area contributed by atoms with Crippen molar-refractivity contribution in [1.29, 1.82) is 0 Å². The summed E-state index contributed by atoms with van der Waals surface area (Å²) in [4.78, 5) is 14.7. The quantitative estimate of drug-likeness (QED) is 0.820. The SMILES string of the molecule is CCCC(O)(CCC)CC(=O)N1CCOC2CCCCC21. The first-order valence-electron chi connectivity index (χ1n) is 8.73. The van der Waals surface area contributed by atoms with E-state index in [9.17, 15) is 9.90 Å². The van der Waals surface area contributed by atoms with E-state index >= 15 is 0 Å². The van der Waals surface area contributed by atoms with E-state index in [-0.39, 0.29) is 24.5 Å². The average Bonchev–Trinajstić information content (AvgIpc) is 2.46. The topological polar surface area (TPSA) is 49.8 Å². The van der Waals surface area contributed by atoms with Crippen LogP contribution in [0.5, 0.6) is 0 Å². The Bertz CT molecular complexity index is 337. The standard InChI is InChI=1S/C17H31NO3/c1-3-9-17(20,10-4-2)13-16(19)18-11-12-21-15-8-6-5-7-14(15)18/h14-15,20H,3-13H2,1-2H3. The molecule has 2 atom stereocenters. The molecule has 2 fully saturated rings. The third kappa shape index (κ3) is 4.19. The van der Waals surface area contributed by atoms with Crippen LogP contribution in [-0.2, 0) is 9.53 Å². The Morgan fingerprint density at radius 2 is 1.90 bits per heavy atom. The number of carbonyl (C=O) groups excluding carboxylic acids is 1. The molecule has 2 aliphatic rings. The Balaban J connectivity index is 2.00. The predicted octanol–water partition coefficient (Wildman–Crippen LogP) is 2.88. The summed E-state index contributed by atoms with van der Waals surface area (Å²) >= 11 is 0. The van der Waals surface area contributed by atoms with Gasteiger partial charge in [-0.25, -0.2) is 0 Å². The van der Waals surface area contributed by atoms with Gasteiger partial charge in [-0.2, -0.15) is 0 Å². The van der Waals surface area contributed by atoms with Crippen LogP contribution in [0, 0.1) is 0 Å². The second kappa shape index (κ2) is 7.59. The number of morpholine rings is 1. The van der Waals surface area contributed by atoms with Crippen molar-refractivity contribution < 1.29 is 14.6 Å². The fraction of sp³-hybridized carbons (Fsp3) is 0.941. The number of aliphatic hydroxyl groups is 1. The van der Waals surface area contributed by atoms with Crippen molar-refractivity contribution in [3.05, 3.63) is 0 Å². The van der Waals surface area contributed by atoms with Crippen molar-refractivity contribution >= 4 is 5.91 Å². The molecule has 0 spiro atoms. The van der Waals surface area contributed by atoms with Crippen LogP contribution in [0.3, 0.4) is 0 Å². The maximum atomic E-state index is 12.7. The van der Waals surface area contributed by atoms with Crippen LogP contribution in [-0.4, -0.2) is 46.8 Å². The number of fused-ring (bicyclic) bond motifs is 1. The van der Waals surface area contributed by atoms with E-state index in [1.165, 1.54) is 12.8 Å². The van der Waals surface area contributed by atoms with Crippen LogP contribution >= 0.6 is 0 Å². The Kier molecular flexibility index (Phi) is 6.06. The first kappa shape index (κ1) is 16.8. The molecule has 0 bridgehead atoms. The van der Waals surface area contributed by atoms with Crippen molar-refractivity contribution in [2.24, 2.45) is 0 Å². The fourth-order valence-electron chi connectivity index (χ4n) is 4.02. The lowest BCUT2D eigenvalue weighted by atomic mass is 9.86. The number of hydrogen-bond acceptors (Lipinski definition) is 3. The van der Waals surface area contributed by atoms with Gasteiger partial charge in [0.15, 0.2) is 0 Å². The monoisotopic (exact) mass is 297 g/mol. The average molecular weight is 297 g/mol. The third-order valence-electron chi connectivity index (χ3n) is 4.96. The van der Waals surface area contributed by atoms with Gasteiger partial charge in [0.25, 0.3) is 0 Å². The maximum absolute atomic E-state index is 12.7. The van der Waals surface area contributed by atoms with E-state index in [4.69, 9.17) is 4.74 Å². The molecule has 1 saturated heterocycles. The van der Waals surface area contributed by atoms with E-state index in [1.54, 1.807) is 0 Å². The number of hydrogen-bond donors (Lipinski definition) is 1. The van der Waals surface area contributed by atoms with E-state index in [1.807, 2.05) is 4.90 Å². The molecular formula is C17H31NO3. The molecule has 0 radical (unpaired) electrons. The van der Waals surface area contributed by atoms with Crippen LogP contribution in [0.25, 0.3) is 0 Å². The molecule has 1 aliphatic heterocycles. The summed E-state index contributed by atoms with van der Waals surface area (Å²) in [6, 6.07) is 0.243. The summed E-state index contributed by atoms with van der Waals surface area (Å²) < 4.78 is 5.83. The molecule has 4 heteroatoms. The highest BCUT2D eigenvalue weighted by Crippen LogP contribution is 2.31. The van der Waals surface area contributed by atoms with Gasteiger partial charge < -0.3 is 14.7 Å². The lowest BCUT2D eigenvalue weighted by Crippen LogP contribution is -2.56. The summed E-state index contributed by atoms with van der Waals surface area (Å²) in [6.45, 7) is 5.47. The molecule has 4 nitrogen and oxygen atoms in total. The van der Waals surface area contributed by atoms with Gasteiger partial charge in [-0.3, -0.25) is 4.79 Å². The van der Waals surface area contributed by atoms with E-state index in [0.29, 0.717) is 26.0 Å². The minimum absolute atomic E-state index is 0.125. The second-order valence-corrected chi connectivity index (χ2v) is 6.75. The Hall–Kier alpha value is -0.610. The number of rotatable bonds is 6. The van der Waals surface area contributed by atoms with Crippen molar-refractivity contribution in [2.45, 2.75) is 89.4 Å². The van der Waals surface area contributed by atoms with Crippen LogP contribution in [0.2, 0.25) is 0 Å². The van der Waals surface area contributed by atoms with Gasteiger partial charge in [0.2, 0.25) is 5.91 Å². The number of ether oxygens (including phenoxy) is 1. The van der Waals surface area contributed by atoms with Gasteiger partial charge in [0, 0.05) is 6.54 Å². The Labute approximate surface area is 128 Å². The molecule has 1 heterocycles. The highest BCUT2D eigenvalue weighted by Gasteiger charge is 2.39. The number of amides is 1. The van der Waals surface area contributed by atoms with Crippen molar-refractivity contribution in [1.82, 2.24) is 4.90 Å². The minimum atomic E-state index is -0.816. The van der Waals surface area contributed by atoms with Crippen molar-refractivity contribution in [3.63, 3.8) is 0 Å². The highest BCUT2D eigenvalue weighted by molar-refractivity contribution is 5.77. The molecule has 122 valence electrons. The lowest BCUT2D eigenvalue weighted by Gasteiger charge is -2.44. The van der Waals surface area contributed by atoms with E-state index < -0.39 is 5.60 Å². The first-order chi connectivity index (χ1) is 10.1. The molecule has 21 heavy (non-hydrogen) atoms. The molecule has 1 saturated carbocycles. The summed E-state index contributed by atoms with van der Waals surface area (Å²) in [6.07, 6.45) is 8.27. The summed E-state index contributed by atoms with van der Waals surface area (Å²) in [5.41, 5.74) is -0.816. The maximum Gasteiger partial charge on any atom is 0.225 e. The molecule has 1 aliphatic carbocycles. The van der Waals surface area contributed by atoms with Crippen molar-refractivity contribution in [3.8, 4) is 0 Å². The van der Waals surface area contributed by atoms with Gasteiger partial charge >= 0.3 is 0 Å². The number of nitrogens with zero attached hydrogens (tertiary/aromatic N) is 1. The Morgan fingerprint density at radius 3 is 2.57 bits per heavy atom. The smallest absolute Gasteiger partial charge is 0.225 e. The van der Waals surface area contributed by atoms with Crippen LogP contribution in [0.4, 0.5) is 0 Å². The number of carbonyl (C=O) groups is 1. The van der Waals surface area contributed by atoms with E-state index in [2.05, 4.69) is 13.8 Å². The molecule has 2 unspecified atom stereocenters. The van der Waals surface area contributed by atoms with Crippen LogP contribution < -0.4 is 0 Å². The molecule has 2 rings (SSSR count). The zero-order valence-corrected chi connectivity index (χ0v) is 13.6. The molecule has 1 amide bonds. The zero-order chi connectivity index (χ0) is 15.3. The lowest BCUT2D eigenvalue weighted by molar-refractivity contribution is -0.154. The van der Waals surface area contributed by atoms with Crippen LogP contribution in [0.1, 0.15) is 71.6 Å². The molecule has 0 aromatic heterocycles. The largest absolute Gasteiger partial charge is 0.389 e. The minimum Gasteiger partial charge on any atom is -0.389 e. The van der Waals surface area contributed by atoms with Gasteiger partial charge in [-0.05, 0) is 25.7 Å². The highest BCUT2D eigenvalue weighted by atomic mass is 16.5. The van der Waals surface area contributed by atoms with Gasteiger partial charge in [-0.1, -0.05) is 39.5 Å². The third-order valence-corrected chi connectivity index (χ3v) is 4.96. The molecule has 0 aromatic rings. The molecule has 0 aromatic carbocycles. The van der Waals surface area contributed by atoms with Gasteiger partial charge in [0.1, 0.15) is 0 Å². The molecular weight excluding hydrogens is 266 g/mol. The van der Waals surface area contributed by atoms with Gasteiger partial charge in [0.05, 0.1) is 30.8 Å². The van der Waals surface area contributed by atoms with Crippen molar-refractivity contribution in [2.75, 3.05) is 13.2 Å². The van der Waals surface area contributed by atoms with E-state index in [0.717, 1.165) is 25.7 Å².